The van der Waals surface area contributed by atoms with E-state index in [0.717, 1.165) is 6.42 Å². The van der Waals surface area contributed by atoms with E-state index in [4.69, 9.17) is 10.5 Å². The highest BCUT2D eigenvalue weighted by atomic mass is 32.2. The summed E-state index contributed by atoms with van der Waals surface area (Å²) in [5, 5.41) is 0. The van der Waals surface area contributed by atoms with Crippen LogP contribution in [-0.2, 0) is 14.8 Å². The molecule has 0 amide bonds. The summed E-state index contributed by atoms with van der Waals surface area (Å²) in [5.74, 6) is 0.413. The Kier molecular flexibility index (Phi) is 5.17. The number of rotatable bonds is 6. The summed E-state index contributed by atoms with van der Waals surface area (Å²) < 4.78 is 30.7. The summed E-state index contributed by atoms with van der Waals surface area (Å²) in [6.07, 6.45) is 0.899. The van der Waals surface area contributed by atoms with E-state index in [1.165, 1.54) is 0 Å². The van der Waals surface area contributed by atoms with Gasteiger partial charge in [-0.05, 0) is 19.3 Å². The third kappa shape index (κ3) is 3.16. The van der Waals surface area contributed by atoms with Crippen molar-refractivity contribution in [1.82, 2.24) is 4.31 Å². The SMILES string of the molecule is CCOCCS(=O)(=O)N1CCC(C)C1CN. The molecule has 0 radical (unpaired) electrons. The fraction of sp³-hybridized carbons (Fsp3) is 1.00. The van der Waals surface area contributed by atoms with Gasteiger partial charge in [-0.15, -0.1) is 0 Å². The molecular formula is C10H22N2O3S. The zero-order valence-corrected chi connectivity index (χ0v) is 10.9. The Labute approximate surface area is 98.0 Å². The highest BCUT2D eigenvalue weighted by molar-refractivity contribution is 7.89. The molecule has 2 atom stereocenters. The van der Waals surface area contributed by atoms with Crippen LogP contribution >= 0.6 is 0 Å². The first-order valence-electron chi connectivity index (χ1n) is 5.80. The lowest BCUT2D eigenvalue weighted by Crippen LogP contribution is -2.43. The Balaban J connectivity index is 2.61. The van der Waals surface area contributed by atoms with E-state index < -0.39 is 10.0 Å². The largest absolute Gasteiger partial charge is 0.381 e. The van der Waals surface area contributed by atoms with Gasteiger partial charge in [0.1, 0.15) is 0 Å². The number of sulfonamides is 1. The highest BCUT2D eigenvalue weighted by Crippen LogP contribution is 2.26. The summed E-state index contributed by atoms with van der Waals surface area (Å²) in [4.78, 5) is 0. The van der Waals surface area contributed by atoms with E-state index in [9.17, 15) is 8.42 Å². The van der Waals surface area contributed by atoms with E-state index in [1.807, 2.05) is 6.92 Å². The van der Waals surface area contributed by atoms with Crippen molar-refractivity contribution in [2.45, 2.75) is 26.3 Å². The van der Waals surface area contributed by atoms with Gasteiger partial charge in [0, 0.05) is 25.7 Å². The van der Waals surface area contributed by atoms with Crippen LogP contribution in [0.4, 0.5) is 0 Å². The third-order valence-electron chi connectivity index (χ3n) is 3.12. The predicted molar refractivity (Wildman–Crippen MR) is 63.6 cm³/mol. The lowest BCUT2D eigenvalue weighted by molar-refractivity contribution is 0.162. The summed E-state index contributed by atoms with van der Waals surface area (Å²) in [6, 6.07) is -0.0355. The monoisotopic (exact) mass is 250 g/mol. The molecule has 0 aromatic rings. The Bertz CT molecular complexity index is 305. The predicted octanol–water partition coefficient (Wildman–Crippen LogP) is 0.0218. The van der Waals surface area contributed by atoms with Gasteiger partial charge in [-0.3, -0.25) is 0 Å². The Morgan fingerprint density at radius 3 is 2.75 bits per heavy atom. The van der Waals surface area contributed by atoms with Gasteiger partial charge < -0.3 is 10.5 Å². The minimum absolute atomic E-state index is 0.0355. The second kappa shape index (κ2) is 5.95. The molecule has 1 fully saturated rings. The lowest BCUT2D eigenvalue weighted by Gasteiger charge is -2.24. The topological polar surface area (TPSA) is 72.6 Å². The molecule has 1 aliphatic rings. The molecule has 96 valence electrons. The van der Waals surface area contributed by atoms with Crippen LogP contribution in [-0.4, -0.2) is 50.8 Å². The van der Waals surface area contributed by atoms with E-state index in [2.05, 4.69) is 6.92 Å². The van der Waals surface area contributed by atoms with Crippen molar-refractivity contribution in [1.29, 1.82) is 0 Å². The second-order valence-electron chi connectivity index (χ2n) is 4.19. The van der Waals surface area contributed by atoms with Gasteiger partial charge in [0.05, 0.1) is 12.4 Å². The van der Waals surface area contributed by atoms with Crippen molar-refractivity contribution in [3.8, 4) is 0 Å². The maximum Gasteiger partial charge on any atom is 0.216 e. The fourth-order valence-corrected chi connectivity index (χ4v) is 3.75. The molecule has 0 bridgehead atoms. The third-order valence-corrected chi connectivity index (χ3v) is 4.97. The molecule has 16 heavy (non-hydrogen) atoms. The van der Waals surface area contributed by atoms with Gasteiger partial charge in [0.15, 0.2) is 0 Å². The zero-order valence-electron chi connectivity index (χ0n) is 10.1. The number of nitrogens with zero attached hydrogens (tertiary/aromatic N) is 1. The molecule has 1 aliphatic heterocycles. The standard InChI is InChI=1S/C10H22N2O3S/c1-3-15-6-7-16(13,14)12-5-4-9(2)10(12)8-11/h9-10H,3-8,11H2,1-2H3. The van der Waals surface area contributed by atoms with Crippen LogP contribution < -0.4 is 5.73 Å². The van der Waals surface area contributed by atoms with E-state index in [1.54, 1.807) is 4.31 Å². The highest BCUT2D eigenvalue weighted by Gasteiger charge is 2.37. The number of nitrogens with two attached hydrogens (primary N) is 1. The summed E-state index contributed by atoms with van der Waals surface area (Å²) >= 11 is 0. The van der Waals surface area contributed by atoms with Gasteiger partial charge >= 0.3 is 0 Å². The molecule has 0 saturated carbocycles. The molecule has 0 aromatic carbocycles. The molecule has 0 spiro atoms. The maximum atomic E-state index is 12.0. The molecule has 1 heterocycles. The van der Waals surface area contributed by atoms with Gasteiger partial charge in [-0.2, -0.15) is 4.31 Å². The van der Waals surface area contributed by atoms with Crippen LogP contribution in [0.2, 0.25) is 0 Å². The first-order valence-corrected chi connectivity index (χ1v) is 7.41. The van der Waals surface area contributed by atoms with Crippen LogP contribution in [0.25, 0.3) is 0 Å². The molecule has 0 aromatic heterocycles. The van der Waals surface area contributed by atoms with Crippen molar-refractivity contribution in [3.63, 3.8) is 0 Å². The Morgan fingerprint density at radius 2 is 2.19 bits per heavy atom. The van der Waals surface area contributed by atoms with Gasteiger partial charge in [-0.25, -0.2) is 8.42 Å². The van der Waals surface area contributed by atoms with Crippen molar-refractivity contribution in [3.05, 3.63) is 0 Å². The van der Waals surface area contributed by atoms with Gasteiger partial charge in [-0.1, -0.05) is 6.92 Å². The minimum Gasteiger partial charge on any atom is -0.381 e. The average molecular weight is 250 g/mol. The van der Waals surface area contributed by atoms with Crippen molar-refractivity contribution >= 4 is 10.0 Å². The fourth-order valence-electron chi connectivity index (χ4n) is 2.09. The van der Waals surface area contributed by atoms with E-state index >= 15 is 0 Å². The van der Waals surface area contributed by atoms with Crippen molar-refractivity contribution in [2.24, 2.45) is 11.7 Å². The zero-order chi connectivity index (χ0) is 12.2. The molecule has 0 aliphatic carbocycles. The molecule has 1 rings (SSSR count). The molecule has 2 unspecified atom stereocenters. The van der Waals surface area contributed by atoms with Crippen LogP contribution in [0.15, 0.2) is 0 Å². The summed E-state index contributed by atoms with van der Waals surface area (Å²) in [7, 11) is -3.20. The van der Waals surface area contributed by atoms with Crippen LogP contribution in [0.1, 0.15) is 20.3 Å². The Morgan fingerprint density at radius 1 is 1.50 bits per heavy atom. The number of ether oxygens (including phenoxy) is 1. The smallest absolute Gasteiger partial charge is 0.216 e. The van der Waals surface area contributed by atoms with Gasteiger partial charge in [0.2, 0.25) is 10.0 Å². The minimum atomic E-state index is -3.20. The van der Waals surface area contributed by atoms with Crippen LogP contribution in [0.5, 0.6) is 0 Å². The Hall–Kier alpha value is -0.170. The van der Waals surface area contributed by atoms with E-state index in [-0.39, 0.29) is 18.4 Å². The van der Waals surface area contributed by atoms with Crippen molar-refractivity contribution < 1.29 is 13.2 Å². The first kappa shape index (κ1) is 13.9. The van der Waals surface area contributed by atoms with Gasteiger partial charge in [0.25, 0.3) is 0 Å². The molecule has 2 N–H and O–H groups in total. The molecular weight excluding hydrogens is 228 g/mol. The number of hydrogen-bond acceptors (Lipinski definition) is 4. The molecule has 6 heteroatoms. The lowest BCUT2D eigenvalue weighted by atomic mass is 10.0. The normalized spacial score (nSPS) is 27.4. The maximum absolute atomic E-state index is 12.0. The first-order chi connectivity index (χ1) is 7.53. The summed E-state index contributed by atoms with van der Waals surface area (Å²) in [5.41, 5.74) is 5.63. The van der Waals surface area contributed by atoms with Crippen LogP contribution in [0, 0.1) is 5.92 Å². The average Bonchev–Trinajstić information content (AvgIpc) is 2.60. The quantitative estimate of drug-likeness (QED) is 0.675. The summed E-state index contributed by atoms with van der Waals surface area (Å²) in [6.45, 7) is 5.71. The molecule has 5 nitrogen and oxygen atoms in total. The van der Waals surface area contributed by atoms with Crippen LogP contribution in [0.3, 0.4) is 0 Å². The van der Waals surface area contributed by atoms with E-state index in [0.29, 0.717) is 25.6 Å². The molecule has 1 saturated heterocycles. The van der Waals surface area contributed by atoms with Crippen molar-refractivity contribution in [2.75, 3.05) is 32.1 Å². The second-order valence-corrected chi connectivity index (χ2v) is 6.23. The number of hydrogen-bond donors (Lipinski definition) is 1.